The predicted octanol–water partition coefficient (Wildman–Crippen LogP) is 3.00. The molecule has 1 heterocycles. The van der Waals surface area contributed by atoms with Gasteiger partial charge < -0.3 is 5.11 Å². The van der Waals surface area contributed by atoms with Crippen LogP contribution in [0.5, 0.6) is 0 Å². The van der Waals surface area contributed by atoms with E-state index in [0.29, 0.717) is 10.3 Å². The molecule has 0 fully saturated rings. The minimum atomic E-state index is 0.236. The van der Waals surface area contributed by atoms with Crippen LogP contribution in [0, 0.1) is 0 Å². The largest absolute Gasteiger partial charge is 0.396 e. The summed E-state index contributed by atoms with van der Waals surface area (Å²) in [6.45, 7) is 0.236. The number of aliphatic hydroxyl groups excluding tert-OH is 1. The lowest BCUT2D eigenvalue weighted by atomic mass is 10.3. The van der Waals surface area contributed by atoms with Crippen molar-refractivity contribution < 1.29 is 5.11 Å². The van der Waals surface area contributed by atoms with Crippen molar-refractivity contribution in [2.75, 3.05) is 12.4 Å². The Morgan fingerprint density at radius 2 is 2.14 bits per heavy atom. The molecule has 78 valence electrons. The van der Waals surface area contributed by atoms with Gasteiger partial charge in [0, 0.05) is 12.4 Å². The van der Waals surface area contributed by atoms with Gasteiger partial charge in [0.25, 0.3) is 0 Å². The normalized spacial score (nSPS) is 10.5. The average Bonchev–Trinajstić information content (AvgIpc) is 2.15. The first kappa shape index (κ1) is 12.1. The minimum absolute atomic E-state index is 0.236. The van der Waals surface area contributed by atoms with Crippen molar-refractivity contribution in [1.82, 2.24) is 4.98 Å². The Balaban J connectivity index is 2.42. The third-order valence-corrected chi connectivity index (χ3v) is 3.23. The number of aromatic nitrogens is 1. The second-order valence-electron chi connectivity index (χ2n) is 2.71. The van der Waals surface area contributed by atoms with Gasteiger partial charge in [-0.1, -0.05) is 29.3 Å². The molecule has 1 aromatic rings. The summed E-state index contributed by atoms with van der Waals surface area (Å²) >= 11 is 13.3. The van der Waals surface area contributed by atoms with Crippen molar-refractivity contribution in [2.45, 2.75) is 12.2 Å². The van der Waals surface area contributed by atoms with Crippen LogP contribution in [0.3, 0.4) is 0 Å². The number of hydrogen-bond acceptors (Lipinski definition) is 3. The monoisotopic (exact) mass is 251 g/mol. The van der Waals surface area contributed by atoms with Gasteiger partial charge in [0.05, 0.1) is 0 Å². The first-order valence-corrected chi connectivity index (χ1v) is 6.14. The van der Waals surface area contributed by atoms with Gasteiger partial charge in [-0.25, -0.2) is 4.98 Å². The first-order chi connectivity index (χ1) is 6.74. The molecule has 1 aromatic heterocycles. The molecule has 0 saturated carbocycles. The molecule has 0 radical (unpaired) electrons. The van der Waals surface area contributed by atoms with Gasteiger partial charge >= 0.3 is 0 Å². The molecule has 2 nitrogen and oxygen atoms in total. The van der Waals surface area contributed by atoms with E-state index in [4.69, 9.17) is 28.3 Å². The maximum Gasteiger partial charge on any atom is 0.134 e. The van der Waals surface area contributed by atoms with E-state index in [1.165, 1.54) is 0 Å². The Kier molecular flexibility index (Phi) is 5.63. The van der Waals surface area contributed by atoms with E-state index < -0.39 is 0 Å². The van der Waals surface area contributed by atoms with Crippen molar-refractivity contribution in [2.24, 2.45) is 0 Å². The Bertz CT molecular complexity index is 296. The summed E-state index contributed by atoms with van der Waals surface area (Å²) in [5.41, 5.74) is 0.985. The Morgan fingerprint density at radius 3 is 2.79 bits per heavy atom. The second-order valence-corrected chi connectivity index (χ2v) is 4.56. The van der Waals surface area contributed by atoms with Gasteiger partial charge in [-0.2, -0.15) is 11.8 Å². The van der Waals surface area contributed by atoms with E-state index >= 15 is 0 Å². The molecule has 1 rings (SSSR count). The predicted molar refractivity (Wildman–Crippen MR) is 62.1 cm³/mol. The second kappa shape index (κ2) is 6.51. The molecule has 0 bridgehead atoms. The molecule has 14 heavy (non-hydrogen) atoms. The van der Waals surface area contributed by atoms with Crippen molar-refractivity contribution in [1.29, 1.82) is 0 Å². The lowest BCUT2D eigenvalue weighted by Crippen LogP contribution is -1.90. The number of hydrogen-bond donors (Lipinski definition) is 1. The van der Waals surface area contributed by atoms with Crippen LogP contribution >= 0.6 is 35.0 Å². The highest BCUT2D eigenvalue weighted by Gasteiger charge is 2.02. The van der Waals surface area contributed by atoms with Crippen molar-refractivity contribution >= 4 is 35.0 Å². The summed E-state index contributed by atoms with van der Waals surface area (Å²) in [6, 6.07) is 3.61. The van der Waals surface area contributed by atoms with E-state index in [-0.39, 0.29) is 6.61 Å². The molecule has 5 heteroatoms. The molecule has 0 amide bonds. The fourth-order valence-corrected chi connectivity index (χ4v) is 2.32. The number of aliphatic hydroxyl groups is 1. The van der Waals surface area contributed by atoms with Crippen LogP contribution in [-0.2, 0) is 5.75 Å². The first-order valence-electron chi connectivity index (χ1n) is 4.23. The molecule has 0 spiro atoms. The van der Waals surface area contributed by atoms with E-state index in [1.807, 2.05) is 6.07 Å². The fraction of sp³-hybridized carbons (Fsp3) is 0.444. The molecule has 0 aliphatic carbocycles. The van der Waals surface area contributed by atoms with Gasteiger partial charge in [0.1, 0.15) is 10.3 Å². The maximum atomic E-state index is 8.59. The van der Waals surface area contributed by atoms with Gasteiger partial charge in [0.2, 0.25) is 0 Å². The summed E-state index contributed by atoms with van der Waals surface area (Å²) in [5, 5.41) is 9.47. The van der Waals surface area contributed by atoms with Gasteiger partial charge in [-0.3, -0.25) is 0 Å². The summed E-state index contributed by atoms with van der Waals surface area (Å²) < 4.78 is 0. The smallest absolute Gasteiger partial charge is 0.134 e. The fourth-order valence-electron chi connectivity index (χ4n) is 0.897. The summed E-state index contributed by atoms with van der Waals surface area (Å²) in [5.74, 6) is 1.73. The molecular weight excluding hydrogens is 241 g/mol. The molecule has 0 aliphatic rings. The van der Waals surface area contributed by atoms with Crippen LogP contribution in [-0.4, -0.2) is 22.5 Å². The van der Waals surface area contributed by atoms with Crippen LogP contribution < -0.4 is 0 Å². The molecule has 0 saturated heterocycles. The Labute approximate surface area is 97.6 Å². The van der Waals surface area contributed by atoms with E-state index in [9.17, 15) is 0 Å². The highest BCUT2D eigenvalue weighted by Crippen LogP contribution is 2.21. The summed E-state index contributed by atoms with van der Waals surface area (Å²) in [7, 11) is 0. The van der Waals surface area contributed by atoms with Crippen LogP contribution in [0.4, 0.5) is 0 Å². The van der Waals surface area contributed by atoms with Gasteiger partial charge in [0.15, 0.2) is 0 Å². The minimum Gasteiger partial charge on any atom is -0.396 e. The standard InChI is InChI=1S/C9H11Cl2NOS/c10-8-3-2-7(9(11)12-8)6-14-5-1-4-13/h2-3,13H,1,4-6H2. The number of thioether (sulfide) groups is 1. The quantitative estimate of drug-likeness (QED) is 0.646. The zero-order chi connectivity index (χ0) is 10.4. The van der Waals surface area contributed by atoms with E-state index in [1.54, 1.807) is 17.8 Å². The Hall–Kier alpha value is 0.0400. The topological polar surface area (TPSA) is 33.1 Å². The number of halogens is 2. The van der Waals surface area contributed by atoms with Crippen molar-refractivity contribution in [3.05, 3.63) is 28.0 Å². The lowest BCUT2D eigenvalue weighted by molar-refractivity contribution is 0.296. The highest BCUT2D eigenvalue weighted by molar-refractivity contribution is 7.98. The molecule has 1 N–H and O–H groups in total. The van der Waals surface area contributed by atoms with Crippen molar-refractivity contribution in [3.8, 4) is 0 Å². The van der Waals surface area contributed by atoms with Gasteiger partial charge in [-0.15, -0.1) is 0 Å². The van der Waals surface area contributed by atoms with Crippen molar-refractivity contribution in [3.63, 3.8) is 0 Å². The zero-order valence-corrected chi connectivity index (χ0v) is 9.87. The summed E-state index contributed by atoms with van der Waals surface area (Å²) in [6.07, 6.45) is 0.809. The van der Waals surface area contributed by atoms with Crippen LogP contribution in [0.2, 0.25) is 10.3 Å². The molecule has 0 aliphatic heterocycles. The molecule has 0 atom stereocenters. The highest BCUT2D eigenvalue weighted by atomic mass is 35.5. The number of pyridine rings is 1. The third-order valence-electron chi connectivity index (χ3n) is 1.60. The SMILES string of the molecule is OCCCSCc1ccc(Cl)nc1Cl. The van der Waals surface area contributed by atoms with Crippen LogP contribution in [0.1, 0.15) is 12.0 Å². The molecular formula is C9H11Cl2NOS. The summed E-state index contributed by atoms with van der Waals surface area (Å²) in [4.78, 5) is 3.94. The molecule has 0 aromatic carbocycles. The van der Waals surface area contributed by atoms with E-state index in [0.717, 1.165) is 23.5 Å². The average molecular weight is 252 g/mol. The number of rotatable bonds is 5. The van der Waals surface area contributed by atoms with Gasteiger partial charge in [-0.05, 0) is 23.8 Å². The molecule has 0 unspecified atom stereocenters. The van der Waals surface area contributed by atoms with Crippen LogP contribution in [0.25, 0.3) is 0 Å². The maximum absolute atomic E-state index is 8.59. The van der Waals surface area contributed by atoms with E-state index in [2.05, 4.69) is 4.98 Å². The Morgan fingerprint density at radius 1 is 1.36 bits per heavy atom. The zero-order valence-electron chi connectivity index (χ0n) is 7.54. The van der Waals surface area contributed by atoms with Crippen LogP contribution in [0.15, 0.2) is 12.1 Å². The number of nitrogens with zero attached hydrogens (tertiary/aromatic N) is 1. The third kappa shape index (κ3) is 4.05. The lowest BCUT2D eigenvalue weighted by Gasteiger charge is -2.03.